The smallest absolute Gasteiger partial charge is 0.273 e. The average Bonchev–Trinajstić information content (AvgIpc) is 3.31. The minimum absolute atomic E-state index is 0.138. The van der Waals surface area contributed by atoms with Crippen LogP contribution in [0.15, 0.2) is 71.8 Å². The van der Waals surface area contributed by atoms with Crippen molar-refractivity contribution in [3.05, 3.63) is 77.3 Å². The van der Waals surface area contributed by atoms with Gasteiger partial charge in [0, 0.05) is 40.8 Å². The van der Waals surface area contributed by atoms with Crippen LogP contribution in [0.1, 0.15) is 0 Å². The van der Waals surface area contributed by atoms with Crippen molar-refractivity contribution in [2.45, 2.75) is 0 Å². The molecule has 7 nitrogen and oxygen atoms in total. The lowest BCUT2D eigenvalue weighted by Gasteiger charge is -2.06. The number of para-hydroxylation sites is 1. The first-order chi connectivity index (χ1) is 14.1. The second-order valence-electron chi connectivity index (χ2n) is 6.87. The molecule has 0 amide bonds. The van der Waals surface area contributed by atoms with Gasteiger partial charge in [-0.15, -0.1) is 0 Å². The van der Waals surface area contributed by atoms with Gasteiger partial charge in [-0.25, -0.2) is 5.10 Å². The van der Waals surface area contributed by atoms with E-state index >= 15 is 0 Å². The highest BCUT2D eigenvalue weighted by molar-refractivity contribution is 6.03. The molecule has 7 heteroatoms. The lowest BCUT2D eigenvalue weighted by Crippen LogP contribution is -2.12. The van der Waals surface area contributed by atoms with E-state index in [0.717, 1.165) is 22.0 Å². The van der Waals surface area contributed by atoms with Crippen LogP contribution in [-0.4, -0.2) is 30.1 Å². The minimum Gasteiger partial charge on any atom is -0.508 e. The molecule has 0 aliphatic rings. The molecule has 0 aliphatic carbocycles. The Morgan fingerprint density at radius 2 is 1.90 bits per heavy atom. The molecule has 29 heavy (non-hydrogen) atoms. The fourth-order valence-corrected chi connectivity index (χ4v) is 3.60. The number of hydrogen-bond donors (Lipinski definition) is 3. The first kappa shape index (κ1) is 17.0. The zero-order valence-corrected chi connectivity index (χ0v) is 15.5. The summed E-state index contributed by atoms with van der Waals surface area (Å²) in [6, 6.07) is 16.4. The van der Waals surface area contributed by atoms with Crippen LogP contribution in [-0.2, 0) is 7.05 Å². The van der Waals surface area contributed by atoms with Crippen molar-refractivity contribution in [1.29, 1.82) is 0 Å². The molecule has 0 radical (unpaired) electrons. The minimum atomic E-state index is -0.300. The highest BCUT2D eigenvalue weighted by Gasteiger charge is 2.19. The fourth-order valence-electron chi connectivity index (χ4n) is 3.60. The number of hydrogen-bond acceptors (Lipinski definition) is 4. The summed E-state index contributed by atoms with van der Waals surface area (Å²) < 4.78 is 1.73. The van der Waals surface area contributed by atoms with Gasteiger partial charge in [-0.3, -0.25) is 9.48 Å². The molecule has 0 fully saturated rings. The Morgan fingerprint density at radius 3 is 2.69 bits per heavy atom. The topological polar surface area (TPSA) is 99.6 Å². The number of phenolic OH excluding ortho intramolecular Hbond substituents is 1. The first-order valence-corrected chi connectivity index (χ1v) is 9.09. The predicted molar refractivity (Wildman–Crippen MR) is 111 cm³/mol. The summed E-state index contributed by atoms with van der Waals surface area (Å²) in [5, 5.41) is 21.8. The molecule has 142 valence electrons. The third-order valence-electron chi connectivity index (χ3n) is 4.91. The van der Waals surface area contributed by atoms with E-state index in [4.69, 9.17) is 0 Å². The van der Waals surface area contributed by atoms with Crippen LogP contribution in [0.4, 0.5) is 0 Å². The number of rotatable bonds is 3. The summed E-state index contributed by atoms with van der Waals surface area (Å²) in [5.41, 5.74) is 4.88. The number of aryl methyl sites for hydroxylation is 1. The van der Waals surface area contributed by atoms with Crippen LogP contribution in [0.3, 0.4) is 0 Å². The molecule has 2 aromatic carbocycles. The Labute approximate surface area is 165 Å². The molecule has 0 unspecified atom stereocenters. The Morgan fingerprint density at radius 1 is 1.03 bits per heavy atom. The molecule has 3 heterocycles. The third-order valence-corrected chi connectivity index (χ3v) is 4.91. The lowest BCUT2D eigenvalue weighted by atomic mass is 10.0. The van der Waals surface area contributed by atoms with Gasteiger partial charge < -0.3 is 10.1 Å². The highest BCUT2D eigenvalue weighted by Crippen LogP contribution is 2.37. The number of nitrogens with zero attached hydrogens (tertiary/aromatic N) is 3. The van der Waals surface area contributed by atoms with Gasteiger partial charge in [-0.1, -0.05) is 30.3 Å². The van der Waals surface area contributed by atoms with Crippen molar-refractivity contribution in [3.63, 3.8) is 0 Å². The van der Waals surface area contributed by atoms with E-state index in [0.29, 0.717) is 22.5 Å². The van der Waals surface area contributed by atoms with Crippen LogP contribution in [0.2, 0.25) is 0 Å². The van der Waals surface area contributed by atoms with Gasteiger partial charge in [-0.2, -0.15) is 10.2 Å². The maximum absolute atomic E-state index is 12.7. The molecule has 0 saturated heterocycles. The molecule has 5 aromatic rings. The molecule has 3 N–H and O–H groups in total. The summed E-state index contributed by atoms with van der Waals surface area (Å²) in [5.74, 6) is 0.138. The van der Waals surface area contributed by atoms with Gasteiger partial charge in [0.2, 0.25) is 0 Å². The number of benzene rings is 2. The van der Waals surface area contributed by atoms with E-state index < -0.39 is 0 Å². The molecule has 0 aliphatic heterocycles. The summed E-state index contributed by atoms with van der Waals surface area (Å²) in [6.45, 7) is 0. The molecular formula is C22H17N5O2. The quantitative estimate of drug-likeness (QED) is 0.442. The Kier molecular flexibility index (Phi) is 3.80. The van der Waals surface area contributed by atoms with Crippen molar-refractivity contribution in [2.75, 3.05) is 0 Å². The number of H-pyrrole nitrogens is 2. The van der Waals surface area contributed by atoms with Gasteiger partial charge in [0.1, 0.15) is 5.75 Å². The van der Waals surface area contributed by atoms with Gasteiger partial charge in [-0.05, 0) is 24.3 Å². The average molecular weight is 383 g/mol. The lowest BCUT2D eigenvalue weighted by molar-refractivity contribution is 0.475. The molecule has 0 spiro atoms. The SMILES string of the molecule is Cn1cc(-c2c(-c3cc(-c4cccc(O)c4)n[nH]c3=O)[nH]c3ccccc23)cn1. The standard InChI is InChI=1S/C22H17N5O2/c1-27-12-14(11-23-27)20-16-7-2-3-8-18(16)24-21(20)17-10-19(25-26-22(17)29)13-5-4-6-15(28)9-13/h2-12,24,28H,1H3,(H,26,29). The molecule has 0 saturated carbocycles. The van der Waals surface area contributed by atoms with E-state index in [-0.39, 0.29) is 11.3 Å². The number of aromatic hydroxyl groups is 1. The highest BCUT2D eigenvalue weighted by atomic mass is 16.3. The summed E-state index contributed by atoms with van der Waals surface area (Å²) in [4.78, 5) is 16.1. The second kappa shape index (κ2) is 6.49. The van der Waals surface area contributed by atoms with E-state index in [9.17, 15) is 9.90 Å². The number of phenols is 1. The van der Waals surface area contributed by atoms with Crippen LogP contribution in [0.25, 0.3) is 44.5 Å². The zero-order valence-electron chi connectivity index (χ0n) is 15.5. The second-order valence-corrected chi connectivity index (χ2v) is 6.87. The molecule has 0 atom stereocenters. The number of fused-ring (bicyclic) bond motifs is 1. The van der Waals surface area contributed by atoms with Crippen LogP contribution in [0.5, 0.6) is 5.75 Å². The van der Waals surface area contributed by atoms with E-state index in [1.165, 1.54) is 0 Å². The van der Waals surface area contributed by atoms with Crippen LogP contribution >= 0.6 is 0 Å². The molecule has 3 aromatic heterocycles. The van der Waals surface area contributed by atoms with Crippen molar-refractivity contribution in [2.24, 2.45) is 7.05 Å². The normalized spacial score (nSPS) is 11.2. The first-order valence-electron chi connectivity index (χ1n) is 9.09. The Bertz CT molecular complexity index is 1410. The number of nitrogens with one attached hydrogen (secondary N) is 2. The largest absolute Gasteiger partial charge is 0.508 e. The van der Waals surface area contributed by atoms with Crippen molar-refractivity contribution in [1.82, 2.24) is 25.0 Å². The maximum atomic E-state index is 12.7. The summed E-state index contributed by atoms with van der Waals surface area (Å²) >= 11 is 0. The van der Waals surface area contributed by atoms with Crippen molar-refractivity contribution in [3.8, 4) is 39.4 Å². The molecular weight excluding hydrogens is 366 g/mol. The number of aromatic nitrogens is 5. The van der Waals surface area contributed by atoms with E-state index in [2.05, 4.69) is 20.3 Å². The molecule has 5 rings (SSSR count). The van der Waals surface area contributed by atoms with Gasteiger partial charge >= 0.3 is 0 Å². The van der Waals surface area contributed by atoms with Crippen LogP contribution < -0.4 is 5.56 Å². The van der Waals surface area contributed by atoms with Crippen molar-refractivity contribution < 1.29 is 5.11 Å². The van der Waals surface area contributed by atoms with Crippen LogP contribution in [0, 0.1) is 0 Å². The Hall–Kier alpha value is -4.13. The fraction of sp³-hybridized carbons (Fsp3) is 0.0455. The third kappa shape index (κ3) is 2.89. The van der Waals surface area contributed by atoms with E-state index in [1.807, 2.05) is 43.6 Å². The molecule has 0 bridgehead atoms. The summed E-state index contributed by atoms with van der Waals surface area (Å²) in [6.07, 6.45) is 3.70. The maximum Gasteiger partial charge on any atom is 0.273 e. The monoisotopic (exact) mass is 383 g/mol. The number of aromatic amines is 2. The Balaban J connectivity index is 1.78. The summed E-state index contributed by atoms with van der Waals surface area (Å²) in [7, 11) is 1.86. The van der Waals surface area contributed by atoms with Crippen molar-refractivity contribution >= 4 is 10.9 Å². The van der Waals surface area contributed by atoms with Gasteiger partial charge in [0.25, 0.3) is 5.56 Å². The zero-order chi connectivity index (χ0) is 20.0. The van der Waals surface area contributed by atoms with Gasteiger partial charge in [0.15, 0.2) is 0 Å². The van der Waals surface area contributed by atoms with Gasteiger partial charge in [0.05, 0.1) is 23.1 Å². The predicted octanol–water partition coefficient (Wildman–Crippen LogP) is 3.69. The van der Waals surface area contributed by atoms with E-state index in [1.54, 1.807) is 35.1 Å².